The maximum absolute atomic E-state index is 12.5. The summed E-state index contributed by atoms with van der Waals surface area (Å²) in [4.78, 5) is 23.3. The van der Waals surface area contributed by atoms with Crippen molar-refractivity contribution < 1.29 is 14.7 Å². The molecule has 0 aromatic carbocycles. The Hall–Kier alpha value is -0.900. The number of carbonyl (C=O) groups excluding carboxylic acids is 2. The number of nitrogens with one attached hydrogen (secondary N) is 1. The van der Waals surface area contributed by atoms with E-state index in [1.165, 1.54) is 12.8 Å². The molecule has 0 radical (unpaired) electrons. The van der Waals surface area contributed by atoms with Gasteiger partial charge in [0.2, 0.25) is 6.41 Å². The van der Waals surface area contributed by atoms with Crippen LogP contribution in [0.5, 0.6) is 0 Å². The number of hydrogen-bond acceptors (Lipinski definition) is 3. The fraction of sp³-hybridized carbons (Fsp3) is 0.900. The van der Waals surface area contributed by atoms with Crippen LogP contribution in [0.15, 0.2) is 0 Å². The summed E-state index contributed by atoms with van der Waals surface area (Å²) in [5.41, 5.74) is 0.0929. The van der Waals surface area contributed by atoms with Gasteiger partial charge in [-0.2, -0.15) is 0 Å². The van der Waals surface area contributed by atoms with Crippen molar-refractivity contribution in [3.63, 3.8) is 0 Å². The van der Waals surface area contributed by atoms with Crippen LogP contribution >= 0.6 is 0 Å². The van der Waals surface area contributed by atoms with E-state index in [1.54, 1.807) is 0 Å². The molecule has 4 aliphatic carbocycles. The summed E-state index contributed by atoms with van der Waals surface area (Å²) in [5.74, 6) is 2.92. The summed E-state index contributed by atoms with van der Waals surface area (Å²) in [5, 5.41) is 13.4. The van der Waals surface area contributed by atoms with Gasteiger partial charge in [0.05, 0.1) is 12.1 Å². The van der Waals surface area contributed by atoms with Crippen molar-refractivity contribution in [1.82, 2.24) is 5.32 Å². The Morgan fingerprint density at radius 1 is 1.17 bits per heavy atom. The van der Waals surface area contributed by atoms with E-state index in [0.717, 1.165) is 44.9 Å². The first kappa shape index (κ1) is 16.6. The zero-order valence-electron chi connectivity index (χ0n) is 15.0. The van der Waals surface area contributed by atoms with E-state index in [2.05, 4.69) is 19.2 Å². The van der Waals surface area contributed by atoms with Crippen molar-refractivity contribution in [3.05, 3.63) is 0 Å². The fourth-order valence-electron chi connectivity index (χ4n) is 7.33. The second kappa shape index (κ2) is 5.55. The standard InChI is InChI=1S/C20H31NO3/c1-19-8-7-15-13(14(19)5-6-18(19)24)4-3-12-9-16(21-11-22)17(23)10-20(12,15)2/h11-17,23H,3-10H2,1-2H3,(H,21,22)/t12-,13-,14-,15-,16+,17-,19-,20-/m0/s1. The molecule has 24 heavy (non-hydrogen) atoms. The topological polar surface area (TPSA) is 66.4 Å². The first-order valence-corrected chi connectivity index (χ1v) is 9.81. The maximum atomic E-state index is 12.5. The fourth-order valence-corrected chi connectivity index (χ4v) is 7.33. The number of hydrogen-bond donors (Lipinski definition) is 2. The van der Waals surface area contributed by atoms with Gasteiger partial charge >= 0.3 is 0 Å². The van der Waals surface area contributed by atoms with Crippen molar-refractivity contribution >= 4 is 12.2 Å². The van der Waals surface area contributed by atoms with Crippen LogP contribution in [0.1, 0.15) is 65.2 Å². The Morgan fingerprint density at radius 2 is 1.96 bits per heavy atom. The highest BCUT2D eigenvalue weighted by molar-refractivity contribution is 5.87. The number of amides is 1. The summed E-state index contributed by atoms with van der Waals surface area (Å²) in [6.07, 6.45) is 8.42. The third kappa shape index (κ3) is 2.14. The largest absolute Gasteiger partial charge is 0.391 e. The van der Waals surface area contributed by atoms with Gasteiger partial charge in [0.15, 0.2) is 0 Å². The molecule has 134 valence electrons. The van der Waals surface area contributed by atoms with Gasteiger partial charge in [-0.15, -0.1) is 0 Å². The van der Waals surface area contributed by atoms with Crippen molar-refractivity contribution in [2.24, 2.45) is 34.5 Å². The van der Waals surface area contributed by atoms with Crippen LogP contribution < -0.4 is 5.32 Å². The molecular formula is C20H31NO3. The van der Waals surface area contributed by atoms with Crippen LogP contribution in [-0.2, 0) is 9.59 Å². The normalized spacial score (nSPS) is 53.7. The highest BCUT2D eigenvalue weighted by Gasteiger charge is 2.61. The third-order valence-corrected chi connectivity index (χ3v) is 8.71. The molecule has 0 aromatic rings. The van der Waals surface area contributed by atoms with Gasteiger partial charge in [-0.3, -0.25) is 9.59 Å². The van der Waals surface area contributed by atoms with Crippen LogP contribution in [0.2, 0.25) is 0 Å². The molecule has 4 fully saturated rings. The molecule has 4 heteroatoms. The van der Waals surface area contributed by atoms with Crippen LogP contribution in [0.4, 0.5) is 0 Å². The molecule has 0 aliphatic heterocycles. The van der Waals surface area contributed by atoms with Gasteiger partial charge in [0, 0.05) is 11.8 Å². The minimum Gasteiger partial charge on any atom is -0.391 e. The number of ketones is 1. The van der Waals surface area contributed by atoms with E-state index in [1.807, 2.05) is 0 Å². The number of aliphatic hydroxyl groups is 1. The smallest absolute Gasteiger partial charge is 0.207 e. The summed E-state index contributed by atoms with van der Waals surface area (Å²) < 4.78 is 0. The molecule has 0 aromatic heterocycles. The average Bonchev–Trinajstić information content (AvgIpc) is 2.84. The lowest BCUT2D eigenvalue weighted by molar-refractivity contribution is -0.147. The Kier molecular flexibility index (Phi) is 3.83. The molecule has 0 unspecified atom stereocenters. The Morgan fingerprint density at radius 3 is 2.71 bits per heavy atom. The molecule has 0 heterocycles. The molecule has 0 bridgehead atoms. The molecule has 0 saturated heterocycles. The van der Waals surface area contributed by atoms with Gasteiger partial charge in [-0.25, -0.2) is 0 Å². The molecule has 4 saturated carbocycles. The first-order chi connectivity index (χ1) is 11.4. The maximum Gasteiger partial charge on any atom is 0.207 e. The molecule has 8 atom stereocenters. The van der Waals surface area contributed by atoms with Gasteiger partial charge < -0.3 is 10.4 Å². The Labute approximate surface area is 144 Å². The zero-order chi connectivity index (χ0) is 17.1. The van der Waals surface area contributed by atoms with E-state index in [4.69, 9.17) is 0 Å². The molecule has 2 N–H and O–H groups in total. The van der Waals surface area contributed by atoms with E-state index in [0.29, 0.717) is 29.5 Å². The van der Waals surface area contributed by atoms with Gasteiger partial charge in [-0.1, -0.05) is 13.8 Å². The third-order valence-electron chi connectivity index (χ3n) is 8.71. The summed E-state index contributed by atoms with van der Waals surface area (Å²) in [7, 11) is 0. The quantitative estimate of drug-likeness (QED) is 0.764. The average molecular weight is 333 g/mol. The van der Waals surface area contributed by atoms with Crippen molar-refractivity contribution in [1.29, 1.82) is 0 Å². The lowest BCUT2D eigenvalue weighted by Crippen LogP contribution is -2.58. The molecule has 4 nitrogen and oxygen atoms in total. The van der Waals surface area contributed by atoms with E-state index in [9.17, 15) is 14.7 Å². The predicted molar refractivity (Wildman–Crippen MR) is 91.1 cm³/mol. The van der Waals surface area contributed by atoms with Crippen LogP contribution in [0, 0.1) is 34.5 Å². The first-order valence-electron chi connectivity index (χ1n) is 9.81. The highest BCUT2D eigenvalue weighted by Crippen LogP contribution is 2.65. The summed E-state index contributed by atoms with van der Waals surface area (Å²) in [6.45, 7) is 4.60. The molecule has 4 rings (SSSR count). The lowest BCUT2D eigenvalue weighted by atomic mass is 9.45. The van der Waals surface area contributed by atoms with Gasteiger partial charge in [0.1, 0.15) is 5.78 Å². The SMILES string of the molecule is C[C@]12C[C@H](O)[C@H](NC=O)C[C@@H]1CC[C@@H]1[C@@H]2CC[C@]2(C)C(=O)CC[C@@H]12. The van der Waals surface area contributed by atoms with Crippen molar-refractivity contribution in [2.45, 2.75) is 77.4 Å². The van der Waals surface area contributed by atoms with Crippen LogP contribution in [0.25, 0.3) is 0 Å². The van der Waals surface area contributed by atoms with Crippen LogP contribution in [-0.4, -0.2) is 29.4 Å². The zero-order valence-corrected chi connectivity index (χ0v) is 15.0. The number of aliphatic hydroxyl groups excluding tert-OH is 1. The summed E-state index contributed by atoms with van der Waals surface area (Å²) >= 11 is 0. The lowest BCUT2D eigenvalue weighted by Gasteiger charge is -2.61. The minimum absolute atomic E-state index is 0.0702. The van der Waals surface area contributed by atoms with Crippen LogP contribution in [0.3, 0.4) is 0 Å². The molecule has 4 aliphatic rings. The number of rotatable bonds is 2. The monoisotopic (exact) mass is 333 g/mol. The van der Waals surface area contributed by atoms with E-state index in [-0.39, 0.29) is 16.9 Å². The van der Waals surface area contributed by atoms with Crippen molar-refractivity contribution in [2.75, 3.05) is 0 Å². The summed E-state index contributed by atoms with van der Waals surface area (Å²) in [6, 6.07) is -0.0842. The second-order valence-corrected chi connectivity index (χ2v) is 9.47. The number of Topliss-reactive ketones (excluding diaryl/α,β-unsaturated/α-hetero) is 1. The minimum atomic E-state index is -0.436. The van der Waals surface area contributed by atoms with Crippen molar-refractivity contribution in [3.8, 4) is 0 Å². The predicted octanol–water partition coefficient (Wildman–Crippen LogP) is 2.68. The Bertz CT molecular complexity index is 549. The molecular weight excluding hydrogens is 302 g/mol. The molecule has 0 spiro atoms. The van der Waals surface area contributed by atoms with E-state index < -0.39 is 6.10 Å². The van der Waals surface area contributed by atoms with E-state index >= 15 is 0 Å². The Balaban J connectivity index is 1.60. The molecule has 1 amide bonds. The van der Waals surface area contributed by atoms with Gasteiger partial charge in [0.25, 0.3) is 0 Å². The second-order valence-electron chi connectivity index (χ2n) is 9.47. The highest BCUT2D eigenvalue weighted by atomic mass is 16.3. The number of fused-ring (bicyclic) bond motifs is 5. The van der Waals surface area contributed by atoms with Gasteiger partial charge in [-0.05, 0) is 74.0 Å². The number of carbonyl (C=O) groups is 2.